The Morgan fingerprint density at radius 3 is 2.56 bits per heavy atom. The number of amides is 2. The molecule has 2 fully saturated rings. The van der Waals surface area contributed by atoms with E-state index in [1.54, 1.807) is 17.0 Å². The van der Waals surface area contributed by atoms with E-state index in [1.807, 2.05) is 12.1 Å². The number of hydrogen-bond donors (Lipinski definition) is 2. The monoisotopic (exact) mass is 344 g/mol. The van der Waals surface area contributed by atoms with Crippen LogP contribution >= 0.6 is 0 Å². The smallest absolute Gasteiger partial charge is 0.251 e. The van der Waals surface area contributed by atoms with E-state index >= 15 is 0 Å². The van der Waals surface area contributed by atoms with E-state index in [4.69, 9.17) is 0 Å². The number of piperidine rings is 1. The third-order valence-electron chi connectivity index (χ3n) is 5.47. The quantitative estimate of drug-likeness (QED) is 0.825. The minimum absolute atomic E-state index is 0.0448. The molecule has 1 aliphatic carbocycles. The van der Waals surface area contributed by atoms with E-state index in [0.29, 0.717) is 12.0 Å². The number of benzene rings is 1. The third kappa shape index (κ3) is 4.40. The van der Waals surface area contributed by atoms with Gasteiger partial charge >= 0.3 is 0 Å². The second-order valence-electron chi connectivity index (χ2n) is 7.21. The van der Waals surface area contributed by atoms with E-state index in [0.717, 1.165) is 50.8 Å². The zero-order valence-electron chi connectivity index (χ0n) is 14.7. The second-order valence-corrected chi connectivity index (χ2v) is 7.21. The van der Waals surface area contributed by atoms with Gasteiger partial charge in [-0.25, -0.2) is 0 Å². The number of carbonyl (C=O) groups is 2. The molecule has 1 aromatic rings. The van der Waals surface area contributed by atoms with Gasteiger partial charge in [-0.15, -0.1) is 0 Å². The predicted molar refractivity (Wildman–Crippen MR) is 97.6 cm³/mol. The Morgan fingerprint density at radius 2 is 1.84 bits per heavy atom. The molecule has 1 heterocycles. The topological polar surface area (TPSA) is 69.6 Å². The van der Waals surface area contributed by atoms with Crippen LogP contribution in [0.2, 0.25) is 0 Å². The van der Waals surface area contributed by atoms with Gasteiger partial charge in [0.1, 0.15) is 0 Å². The number of anilines is 1. The van der Waals surface area contributed by atoms with Gasteiger partial charge in [0, 0.05) is 42.8 Å². The van der Waals surface area contributed by atoms with Gasteiger partial charge in [0.05, 0.1) is 0 Å². The lowest BCUT2D eigenvalue weighted by Crippen LogP contribution is -2.41. The van der Waals surface area contributed by atoms with Gasteiger partial charge in [-0.1, -0.05) is 19.3 Å². The number of hydrogen-bond acceptors (Lipinski definition) is 3. The van der Waals surface area contributed by atoms with Crippen LogP contribution in [0, 0.1) is 5.92 Å². The molecule has 1 saturated carbocycles. The number of nitrogens with zero attached hydrogens (tertiary/aromatic N) is 1. The molecule has 1 aliphatic heterocycles. The number of nitrogens with one attached hydrogen (secondary N) is 1. The average molecular weight is 344 g/mol. The normalized spacial score (nSPS) is 24.7. The van der Waals surface area contributed by atoms with Gasteiger partial charge in [0.25, 0.3) is 5.91 Å². The van der Waals surface area contributed by atoms with Crippen LogP contribution in [0.15, 0.2) is 24.3 Å². The highest BCUT2D eigenvalue weighted by molar-refractivity contribution is 5.97. The second kappa shape index (κ2) is 8.48. The molecule has 2 amide bonds. The average Bonchev–Trinajstić information content (AvgIpc) is 2.87. The third-order valence-corrected chi connectivity index (χ3v) is 5.47. The van der Waals surface area contributed by atoms with Gasteiger partial charge in [-0.2, -0.15) is 0 Å². The summed E-state index contributed by atoms with van der Waals surface area (Å²) in [6.07, 6.45) is 7.87. The molecule has 25 heavy (non-hydrogen) atoms. The molecule has 3 rings (SSSR count). The summed E-state index contributed by atoms with van der Waals surface area (Å²) in [4.78, 5) is 26.4. The first kappa shape index (κ1) is 17.9. The molecule has 0 radical (unpaired) electrons. The summed E-state index contributed by atoms with van der Waals surface area (Å²) in [6, 6.07) is 7.33. The zero-order chi connectivity index (χ0) is 17.6. The van der Waals surface area contributed by atoms with Gasteiger partial charge in [-0.05, 0) is 49.9 Å². The lowest BCUT2D eigenvalue weighted by Gasteiger charge is -2.27. The maximum atomic E-state index is 12.6. The van der Waals surface area contributed by atoms with Gasteiger partial charge < -0.3 is 15.3 Å². The summed E-state index contributed by atoms with van der Waals surface area (Å²) >= 11 is 0. The Balaban J connectivity index is 1.64. The molecule has 0 spiro atoms. The Labute approximate surface area is 149 Å². The highest BCUT2D eigenvalue weighted by atomic mass is 16.3. The van der Waals surface area contributed by atoms with Crippen LogP contribution in [0.4, 0.5) is 5.69 Å². The minimum Gasteiger partial charge on any atom is -0.396 e. The van der Waals surface area contributed by atoms with E-state index in [1.165, 1.54) is 6.42 Å². The molecule has 2 unspecified atom stereocenters. The van der Waals surface area contributed by atoms with Crippen LogP contribution in [0.5, 0.6) is 0 Å². The molecule has 5 heteroatoms. The fourth-order valence-electron chi connectivity index (χ4n) is 3.92. The van der Waals surface area contributed by atoms with Gasteiger partial charge in [0.2, 0.25) is 5.91 Å². The summed E-state index contributed by atoms with van der Waals surface area (Å²) in [5.74, 6) is 0.214. The highest BCUT2D eigenvalue weighted by Gasteiger charge is 2.25. The lowest BCUT2D eigenvalue weighted by atomic mass is 9.95. The predicted octanol–water partition coefficient (Wildman–Crippen LogP) is 2.87. The number of aliphatic hydroxyl groups is 1. The molecular weight excluding hydrogens is 316 g/mol. The van der Waals surface area contributed by atoms with Crippen molar-refractivity contribution in [2.75, 3.05) is 18.1 Å². The fraction of sp³-hybridized carbons (Fsp3) is 0.600. The zero-order valence-corrected chi connectivity index (χ0v) is 14.7. The van der Waals surface area contributed by atoms with Crippen molar-refractivity contribution in [1.29, 1.82) is 0 Å². The first-order valence-corrected chi connectivity index (χ1v) is 9.51. The summed E-state index contributed by atoms with van der Waals surface area (Å²) in [6.45, 7) is 0.881. The number of carbonyl (C=O) groups excluding carboxylic acids is 2. The molecule has 2 aliphatic rings. The van der Waals surface area contributed by atoms with Crippen molar-refractivity contribution in [2.45, 2.75) is 57.4 Å². The highest BCUT2D eigenvalue weighted by Crippen LogP contribution is 2.24. The van der Waals surface area contributed by atoms with Crippen molar-refractivity contribution in [3.63, 3.8) is 0 Å². The van der Waals surface area contributed by atoms with Crippen LogP contribution in [-0.2, 0) is 4.79 Å². The van der Waals surface area contributed by atoms with Crippen molar-refractivity contribution >= 4 is 17.5 Å². The largest absolute Gasteiger partial charge is 0.396 e. The minimum atomic E-state index is -0.0955. The van der Waals surface area contributed by atoms with Crippen molar-refractivity contribution in [3.8, 4) is 0 Å². The number of rotatable bonds is 4. The summed E-state index contributed by atoms with van der Waals surface area (Å²) < 4.78 is 0. The van der Waals surface area contributed by atoms with Crippen LogP contribution in [0.3, 0.4) is 0 Å². The maximum absolute atomic E-state index is 12.6. The molecule has 0 aromatic heterocycles. The number of aliphatic hydroxyl groups excluding tert-OH is 1. The van der Waals surface area contributed by atoms with Crippen LogP contribution in [0.25, 0.3) is 0 Å². The fourth-order valence-corrected chi connectivity index (χ4v) is 3.92. The van der Waals surface area contributed by atoms with Crippen molar-refractivity contribution in [1.82, 2.24) is 5.32 Å². The van der Waals surface area contributed by atoms with Crippen molar-refractivity contribution in [2.24, 2.45) is 5.92 Å². The Bertz CT molecular complexity index is 599. The van der Waals surface area contributed by atoms with Crippen molar-refractivity contribution in [3.05, 3.63) is 29.8 Å². The van der Waals surface area contributed by atoms with Crippen molar-refractivity contribution < 1.29 is 14.7 Å². The Hall–Kier alpha value is -1.88. The molecule has 1 saturated heterocycles. The molecule has 5 nitrogen and oxygen atoms in total. The Morgan fingerprint density at radius 1 is 1.08 bits per heavy atom. The van der Waals surface area contributed by atoms with E-state index in [-0.39, 0.29) is 30.4 Å². The SMILES string of the molecule is O=C(NC1CCCCCC1CO)c1ccc(N2CCCCC2=O)cc1. The van der Waals surface area contributed by atoms with Gasteiger partial charge in [-0.3, -0.25) is 9.59 Å². The van der Waals surface area contributed by atoms with Gasteiger partial charge in [0.15, 0.2) is 0 Å². The summed E-state index contributed by atoms with van der Waals surface area (Å²) in [5.41, 5.74) is 1.47. The molecule has 2 atom stereocenters. The molecule has 136 valence electrons. The Kier molecular flexibility index (Phi) is 6.08. The molecular formula is C20H28N2O3. The first-order valence-electron chi connectivity index (χ1n) is 9.51. The van der Waals surface area contributed by atoms with Crippen LogP contribution in [0.1, 0.15) is 61.7 Å². The first-order chi connectivity index (χ1) is 12.2. The summed E-state index contributed by atoms with van der Waals surface area (Å²) in [5, 5.41) is 12.7. The van der Waals surface area contributed by atoms with Crippen LogP contribution in [-0.4, -0.2) is 36.1 Å². The van der Waals surface area contributed by atoms with Crippen LogP contribution < -0.4 is 10.2 Å². The molecule has 2 N–H and O–H groups in total. The maximum Gasteiger partial charge on any atom is 0.251 e. The lowest BCUT2D eigenvalue weighted by molar-refractivity contribution is -0.119. The van der Waals surface area contributed by atoms with E-state index in [9.17, 15) is 14.7 Å². The molecule has 1 aromatic carbocycles. The van der Waals surface area contributed by atoms with E-state index in [2.05, 4.69) is 5.32 Å². The summed E-state index contributed by atoms with van der Waals surface area (Å²) in [7, 11) is 0. The standard InChI is InChI=1S/C20H28N2O3/c23-14-16-6-2-1-3-7-18(16)21-20(25)15-9-11-17(12-10-15)22-13-5-4-8-19(22)24/h9-12,16,18,23H,1-8,13-14H2,(H,21,25). The molecule has 0 bridgehead atoms. The van der Waals surface area contributed by atoms with E-state index < -0.39 is 0 Å².